The molecular formula is C19H29N7O3. The number of carbonyl (C=O) groups is 1. The highest BCUT2D eigenvalue weighted by atomic mass is 16.5. The standard InChI is InChI=1S/C19H29N7O3/c1-13-7-10-29-17(13)18(27)21-8-4-9-22-19(20-2)23-14-5-6-16-24-15(12-28-3)25-26(16)11-14/h7,10,14H,4-6,8-9,11-12H2,1-3H3,(H,21,27)(H2,20,22,23). The second-order valence-corrected chi connectivity index (χ2v) is 6.98. The number of nitrogens with zero attached hydrogens (tertiary/aromatic N) is 4. The van der Waals surface area contributed by atoms with E-state index in [2.05, 4.69) is 31.0 Å². The van der Waals surface area contributed by atoms with Crippen LogP contribution in [0.1, 0.15) is 40.6 Å². The van der Waals surface area contributed by atoms with E-state index in [1.807, 2.05) is 11.6 Å². The maximum atomic E-state index is 12.0. The second-order valence-electron chi connectivity index (χ2n) is 6.98. The number of hydrogen-bond acceptors (Lipinski definition) is 6. The molecule has 1 unspecified atom stereocenters. The van der Waals surface area contributed by atoms with Gasteiger partial charge in [-0.25, -0.2) is 9.67 Å². The summed E-state index contributed by atoms with van der Waals surface area (Å²) in [5, 5.41) is 14.1. The van der Waals surface area contributed by atoms with Crippen molar-refractivity contribution >= 4 is 11.9 Å². The molecule has 0 bridgehead atoms. The zero-order chi connectivity index (χ0) is 20.6. The first-order valence-electron chi connectivity index (χ1n) is 9.81. The van der Waals surface area contributed by atoms with Gasteiger partial charge in [0.2, 0.25) is 0 Å². The van der Waals surface area contributed by atoms with Gasteiger partial charge in [0.25, 0.3) is 5.91 Å². The van der Waals surface area contributed by atoms with Gasteiger partial charge >= 0.3 is 0 Å². The predicted octanol–water partition coefficient (Wildman–Crippen LogP) is 0.626. The predicted molar refractivity (Wildman–Crippen MR) is 108 cm³/mol. The van der Waals surface area contributed by atoms with Gasteiger partial charge in [-0.05, 0) is 25.8 Å². The van der Waals surface area contributed by atoms with Crippen molar-refractivity contribution in [3.8, 4) is 0 Å². The molecule has 2 aromatic rings. The summed E-state index contributed by atoms with van der Waals surface area (Å²) in [7, 11) is 3.39. The van der Waals surface area contributed by atoms with E-state index >= 15 is 0 Å². The van der Waals surface area contributed by atoms with Gasteiger partial charge < -0.3 is 25.1 Å². The summed E-state index contributed by atoms with van der Waals surface area (Å²) in [5.74, 6) is 2.64. The van der Waals surface area contributed by atoms with Crippen LogP contribution in [0.3, 0.4) is 0 Å². The number of aliphatic imine (C=N–C) groups is 1. The summed E-state index contributed by atoms with van der Waals surface area (Å²) in [6, 6.07) is 2.00. The van der Waals surface area contributed by atoms with Crippen LogP contribution in [0.15, 0.2) is 21.7 Å². The van der Waals surface area contributed by atoms with Gasteiger partial charge in [-0.2, -0.15) is 5.10 Å². The number of hydrogen-bond donors (Lipinski definition) is 3. The molecule has 10 nitrogen and oxygen atoms in total. The lowest BCUT2D eigenvalue weighted by molar-refractivity contribution is 0.0925. The van der Waals surface area contributed by atoms with Crippen LogP contribution in [-0.4, -0.2) is 59.9 Å². The summed E-state index contributed by atoms with van der Waals surface area (Å²) in [6.07, 6.45) is 4.12. The first-order valence-corrected chi connectivity index (χ1v) is 9.81. The van der Waals surface area contributed by atoms with Crippen molar-refractivity contribution in [3.05, 3.63) is 35.3 Å². The molecule has 0 radical (unpaired) electrons. The Morgan fingerprint density at radius 2 is 2.24 bits per heavy atom. The van der Waals surface area contributed by atoms with Crippen molar-refractivity contribution < 1.29 is 13.9 Å². The first-order chi connectivity index (χ1) is 14.1. The molecule has 3 rings (SSSR count). The molecule has 158 valence electrons. The molecule has 0 aromatic carbocycles. The lowest BCUT2D eigenvalue weighted by Crippen LogP contribution is -2.47. The number of aromatic nitrogens is 3. The average Bonchev–Trinajstić information content (AvgIpc) is 3.32. The third-order valence-electron chi connectivity index (χ3n) is 4.74. The Kier molecular flexibility index (Phi) is 7.23. The summed E-state index contributed by atoms with van der Waals surface area (Å²) < 4.78 is 12.2. The minimum absolute atomic E-state index is 0.186. The van der Waals surface area contributed by atoms with Crippen molar-refractivity contribution in [2.75, 3.05) is 27.2 Å². The topological polar surface area (TPSA) is 119 Å². The van der Waals surface area contributed by atoms with Gasteiger partial charge in [-0.1, -0.05) is 0 Å². The van der Waals surface area contributed by atoms with E-state index < -0.39 is 0 Å². The van der Waals surface area contributed by atoms with Crippen LogP contribution in [0, 0.1) is 6.92 Å². The molecule has 3 N–H and O–H groups in total. The molecule has 0 spiro atoms. The highest BCUT2D eigenvalue weighted by molar-refractivity contribution is 5.92. The van der Waals surface area contributed by atoms with Crippen molar-refractivity contribution in [1.82, 2.24) is 30.7 Å². The molecule has 1 aliphatic rings. The van der Waals surface area contributed by atoms with Gasteiger partial charge in [-0.3, -0.25) is 9.79 Å². The van der Waals surface area contributed by atoms with Gasteiger partial charge in [0.1, 0.15) is 12.4 Å². The number of nitrogens with one attached hydrogen (secondary N) is 3. The van der Waals surface area contributed by atoms with Crippen LogP contribution < -0.4 is 16.0 Å². The van der Waals surface area contributed by atoms with Gasteiger partial charge in [0.15, 0.2) is 17.5 Å². The average molecular weight is 403 g/mol. The maximum absolute atomic E-state index is 12.0. The highest BCUT2D eigenvalue weighted by Gasteiger charge is 2.22. The summed E-state index contributed by atoms with van der Waals surface area (Å²) in [6.45, 7) is 4.26. The molecular weight excluding hydrogens is 374 g/mol. The summed E-state index contributed by atoms with van der Waals surface area (Å²) in [4.78, 5) is 20.8. The quantitative estimate of drug-likeness (QED) is 0.336. The van der Waals surface area contributed by atoms with Crippen molar-refractivity contribution in [2.45, 2.75) is 45.4 Å². The lowest BCUT2D eigenvalue weighted by atomic mass is 10.1. The molecule has 10 heteroatoms. The number of amides is 1. The lowest BCUT2D eigenvalue weighted by Gasteiger charge is -2.25. The van der Waals surface area contributed by atoms with Crippen molar-refractivity contribution in [3.63, 3.8) is 0 Å². The number of methoxy groups -OCH3 is 1. The summed E-state index contributed by atoms with van der Waals surface area (Å²) >= 11 is 0. The monoisotopic (exact) mass is 403 g/mol. The number of furan rings is 1. The van der Waals surface area contributed by atoms with Gasteiger partial charge in [0, 0.05) is 45.3 Å². The Labute approximate surface area is 170 Å². The molecule has 1 aliphatic heterocycles. The van der Waals surface area contributed by atoms with E-state index in [1.54, 1.807) is 20.2 Å². The molecule has 29 heavy (non-hydrogen) atoms. The fourth-order valence-electron chi connectivity index (χ4n) is 3.24. The van der Waals surface area contributed by atoms with Crippen LogP contribution in [0.5, 0.6) is 0 Å². The Balaban J connectivity index is 1.37. The molecule has 1 amide bonds. The molecule has 0 saturated carbocycles. The number of guanidine groups is 1. The van der Waals surface area contributed by atoms with Crippen LogP contribution in [0.4, 0.5) is 0 Å². The Morgan fingerprint density at radius 3 is 2.97 bits per heavy atom. The zero-order valence-corrected chi connectivity index (χ0v) is 17.2. The van der Waals surface area contributed by atoms with E-state index in [0.717, 1.165) is 49.0 Å². The normalized spacial score (nSPS) is 16.4. The minimum Gasteiger partial charge on any atom is -0.459 e. The third-order valence-corrected chi connectivity index (χ3v) is 4.74. The van der Waals surface area contributed by atoms with Crippen LogP contribution >= 0.6 is 0 Å². The zero-order valence-electron chi connectivity index (χ0n) is 17.2. The SMILES string of the molecule is CN=C(NCCCNC(=O)c1occc1C)NC1CCc2nc(COC)nn2C1. The molecule has 2 aromatic heterocycles. The number of rotatable bonds is 8. The molecule has 3 heterocycles. The molecule has 0 saturated heterocycles. The maximum Gasteiger partial charge on any atom is 0.287 e. The largest absolute Gasteiger partial charge is 0.459 e. The Bertz CT molecular complexity index is 843. The van der Waals surface area contributed by atoms with Crippen LogP contribution in [-0.2, 0) is 24.3 Å². The second kappa shape index (κ2) is 10.1. The minimum atomic E-state index is -0.186. The molecule has 0 fully saturated rings. The van der Waals surface area contributed by atoms with Crippen molar-refractivity contribution in [1.29, 1.82) is 0 Å². The Hall–Kier alpha value is -2.88. The Morgan fingerprint density at radius 1 is 1.41 bits per heavy atom. The molecule has 1 atom stereocenters. The number of fused-ring (bicyclic) bond motifs is 1. The third kappa shape index (κ3) is 5.57. The van der Waals surface area contributed by atoms with Crippen LogP contribution in [0.2, 0.25) is 0 Å². The van der Waals surface area contributed by atoms with Gasteiger partial charge in [0.05, 0.1) is 12.8 Å². The number of aryl methyl sites for hydroxylation is 2. The number of ether oxygens (including phenoxy) is 1. The fourth-order valence-corrected chi connectivity index (χ4v) is 3.24. The summed E-state index contributed by atoms with van der Waals surface area (Å²) in [5.41, 5.74) is 0.836. The highest BCUT2D eigenvalue weighted by Crippen LogP contribution is 2.13. The van der Waals surface area contributed by atoms with Crippen molar-refractivity contribution in [2.24, 2.45) is 4.99 Å². The smallest absolute Gasteiger partial charge is 0.287 e. The first kappa shape index (κ1) is 20.8. The fraction of sp³-hybridized carbons (Fsp3) is 0.579. The van der Waals surface area contributed by atoms with E-state index in [0.29, 0.717) is 25.5 Å². The van der Waals surface area contributed by atoms with E-state index in [4.69, 9.17) is 9.15 Å². The van der Waals surface area contributed by atoms with E-state index in [1.165, 1.54) is 6.26 Å². The van der Waals surface area contributed by atoms with Crippen LogP contribution in [0.25, 0.3) is 0 Å². The molecule has 0 aliphatic carbocycles. The van der Waals surface area contributed by atoms with Gasteiger partial charge in [-0.15, -0.1) is 0 Å². The van der Waals surface area contributed by atoms with E-state index in [-0.39, 0.29) is 11.9 Å². The van der Waals surface area contributed by atoms with E-state index in [9.17, 15) is 4.79 Å². The number of carbonyl (C=O) groups excluding carboxylic acids is 1.